The zero-order chi connectivity index (χ0) is 15.6. The molecule has 0 atom stereocenters. The third kappa shape index (κ3) is 2.93. The fourth-order valence-corrected chi connectivity index (χ4v) is 2.74. The van der Waals surface area contributed by atoms with Crippen LogP contribution >= 0.6 is 11.8 Å². The molecule has 0 saturated heterocycles. The van der Waals surface area contributed by atoms with Gasteiger partial charge >= 0.3 is 0 Å². The van der Waals surface area contributed by atoms with E-state index in [1.54, 1.807) is 36.5 Å². The molecule has 7 nitrogen and oxygen atoms in total. The molecule has 23 heavy (non-hydrogen) atoms. The van der Waals surface area contributed by atoms with Gasteiger partial charge in [-0.2, -0.15) is 4.98 Å². The normalized spacial score (nSPS) is 12.5. The van der Waals surface area contributed by atoms with Gasteiger partial charge in [0.25, 0.3) is 5.22 Å². The SMILES string of the molecule is O=C(CSc1nc2ncccc2o1)Nc1ccc2c(c1)OCO2. The highest BCUT2D eigenvalue weighted by Crippen LogP contribution is 2.34. The van der Waals surface area contributed by atoms with E-state index in [2.05, 4.69) is 15.3 Å². The van der Waals surface area contributed by atoms with Crippen molar-refractivity contribution in [3.63, 3.8) is 0 Å². The van der Waals surface area contributed by atoms with E-state index in [1.165, 1.54) is 11.8 Å². The summed E-state index contributed by atoms with van der Waals surface area (Å²) in [5, 5.41) is 3.21. The number of aromatic nitrogens is 2. The molecule has 0 bridgehead atoms. The van der Waals surface area contributed by atoms with Crippen LogP contribution < -0.4 is 14.8 Å². The van der Waals surface area contributed by atoms with Gasteiger partial charge in [0.05, 0.1) is 5.75 Å². The number of fused-ring (bicyclic) bond motifs is 2. The average molecular weight is 329 g/mol. The number of hydrogen-bond acceptors (Lipinski definition) is 7. The molecule has 1 aromatic carbocycles. The zero-order valence-corrected chi connectivity index (χ0v) is 12.6. The largest absolute Gasteiger partial charge is 0.454 e. The van der Waals surface area contributed by atoms with E-state index < -0.39 is 0 Å². The third-order valence-electron chi connectivity index (χ3n) is 3.13. The standard InChI is InChI=1S/C15H11N3O4S/c19-13(17-9-3-4-10-12(6-9)21-8-20-10)7-23-15-18-14-11(22-15)2-1-5-16-14/h1-6H,7-8H2,(H,17,19). The smallest absolute Gasteiger partial charge is 0.258 e. The molecule has 4 rings (SSSR count). The maximum Gasteiger partial charge on any atom is 0.258 e. The van der Waals surface area contributed by atoms with Crippen LogP contribution in [0.25, 0.3) is 11.2 Å². The number of nitrogens with one attached hydrogen (secondary N) is 1. The van der Waals surface area contributed by atoms with Gasteiger partial charge < -0.3 is 19.2 Å². The van der Waals surface area contributed by atoms with Crippen LogP contribution in [0.15, 0.2) is 46.2 Å². The van der Waals surface area contributed by atoms with E-state index in [1.807, 2.05) is 0 Å². The first-order valence-electron chi connectivity index (χ1n) is 6.82. The van der Waals surface area contributed by atoms with Gasteiger partial charge in [0.2, 0.25) is 12.7 Å². The van der Waals surface area contributed by atoms with Crippen LogP contribution in [0.4, 0.5) is 5.69 Å². The number of ether oxygens (including phenoxy) is 2. The summed E-state index contributed by atoms with van der Waals surface area (Å²) >= 11 is 1.21. The summed E-state index contributed by atoms with van der Waals surface area (Å²) in [6.07, 6.45) is 1.64. The minimum Gasteiger partial charge on any atom is -0.454 e. The second kappa shape index (κ2) is 5.81. The van der Waals surface area contributed by atoms with Crippen LogP contribution in [-0.4, -0.2) is 28.4 Å². The second-order valence-electron chi connectivity index (χ2n) is 4.71. The Morgan fingerprint density at radius 1 is 1.26 bits per heavy atom. The Morgan fingerprint density at radius 3 is 3.09 bits per heavy atom. The Balaban J connectivity index is 1.38. The van der Waals surface area contributed by atoms with Crippen LogP contribution in [0.2, 0.25) is 0 Å². The van der Waals surface area contributed by atoms with E-state index >= 15 is 0 Å². The van der Waals surface area contributed by atoms with Gasteiger partial charge in [0, 0.05) is 18.0 Å². The van der Waals surface area contributed by atoms with Gasteiger partial charge in [-0.05, 0) is 24.3 Å². The topological polar surface area (TPSA) is 86.5 Å². The Morgan fingerprint density at radius 2 is 2.17 bits per heavy atom. The van der Waals surface area contributed by atoms with Crippen molar-refractivity contribution in [2.24, 2.45) is 0 Å². The number of oxazole rings is 1. The molecular weight excluding hydrogens is 318 g/mol. The van der Waals surface area contributed by atoms with Gasteiger partial charge in [-0.1, -0.05) is 11.8 Å². The van der Waals surface area contributed by atoms with Crippen LogP contribution in [0.5, 0.6) is 11.5 Å². The zero-order valence-electron chi connectivity index (χ0n) is 11.8. The first kappa shape index (κ1) is 13.9. The molecule has 1 amide bonds. The summed E-state index contributed by atoms with van der Waals surface area (Å²) in [7, 11) is 0. The number of nitrogens with zero attached hydrogens (tertiary/aromatic N) is 2. The van der Waals surface area contributed by atoms with E-state index in [0.717, 1.165) is 0 Å². The van der Waals surface area contributed by atoms with Crippen molar-refractivity contribution < 1.29 is 18.7 Å². The number of amides is 1. The maximum atomic E-state index is 12.0. The predicted molar refractivity (Wildman–Crippen MR) is 83.7 cm³/mol. The van der Waals surface area contributed by atoms with Crippen molar-refractivity contribution in [1.29, 1.82) is 0 Å². The lowest BCUT2D eigenvalue weighted by atomic mass is 10.3. The summed E-state index contributed by atoms with van der Waals surface area (Å²) in [6.45, 7) is 0.203. The summed E-state index contributed by atoms with van der Waals surface area (Å²) < 4.78 is 16.0. The summed E-state index contributed by atoms with van der Waals surface area (Å²) in [5.41, 5.74) is 1.79. The fourth-order valence-electron chi connectivity index (χ4n) is 2.11. The molecule has 1 N–H and O–H groups in total. The van der Waals surface area contributed by atoms with Crippen molar-refractivity contribution in [2.45, 2.75) is 5.22 Å². The van der Waals surface area contributed by atoms with Gasteiger partial charge in [0.15, 0.2) is 22.7 Å². The number of anilines is 1. The first-order valence-corrected chi connectivity index (χ1v) is 7.80. The number of hydrogen-bond donors (Lipinski definition) is 1. The van der Waals surface area contributed by atoms with E-state index in [9.17, 15) is 4.79 Å². The van der Waals surface area contributed by atoms with Crippen molar-refractivity contribution in [3.8, 4) is 11.5 Å². The molecule has 3 heterocycles. The van der Waals surface area contributed by atoms with Gasteiger partial charge in [-0.3, -0.25) is 4.79 Å². The summed E-state index contributed by atoms with van der Waals surface area (Å²) in [6, 6.07) is 8.81. The number of pyridine rings is 1. The third-order valence-corrected chi connectivity index (χ3v) is 3.96. The second-order valence-corrected chi connectivity index (χ2v) is 5.64. The number of rotatable bonds is 4. The lowest BCUT2D eigenvalue weighted by Gasteiger charge is -2.05. The molecule has 0 radical (unpaired) electrons. The van der Waals surface area contributed by atoms with Gasteiger partial charge in [0.1, 0.15) is 0 Å². The number of carbonyl (C=O) groups is 1. The van der Waals surface area contributed by atoms with Gasteiger partial charge in [-0.25, -0.2) is 4.98 Å². The first-order chi connectivity index (χ1) is 11.3. The summed E-state index contributed by atoms with van der Waals surface area (Å²) in [5.74, 6) is 1.32. The monoisotopic (exact) mass is 329 g/mol. The van der Waals surface area contributed by atoms with E-state index in [4.69, 9.17) is 13.9 Å². The van der Waals surface area contributed by atoms with Gasteiger partial charge in [-0.15, -0.1) is 0 Å². The van der Waals surface area contributed by atoms with Crippen LogP contribution in [0.3, 0.4) is 0 Å². The van der Waals surface area contributed by atoms with Crippen LogP contribution in [-0.2, 0) is 4.79 Å². The Bertz CT molecular complexity index is 847. The lowest BCUT2D eigenvalue weighted by Crippen LogP contribution is -2.13. The minimum absolute atomic E-state index is 0.163. The minimum atomic E-state index is -0.163. The molecule has 0 unspecified atom stereocenters. The lowest BCUT2D eigenvalue weighted by molar-refractivity contribution is -0.113. The molecule has 0 aliphatic carbocycles. The molecule has 1 aliphatic rings. The quantitative estimate of drug-likeness (QED) is 0.736. The number of benzene rings is 1. The molecule has 2 aromatic heterocycles. The fraction of sp³-hybridized carbons (Fsp3) is 0.133. The average Bonchev–Trinajstić information content (AvgIpc) is 3.18. The number of thioether (sulfide) groups is 1. The molecule has 0 spiro atoms. The molecule has 0 saturated carbocycles. The van der Waals surface area contributed by atoms with E-state index in [0.29, 0.717) is 33.6 Å². The van der Waals surface area contributed by atoms with Crippen LogP contribution in [0.1, 0.15) is 0 Å². The Hall–Kier alpha value is -2.74. The predicted octanol–water partition coefficient (Wildman–Crippen LogP) is 2.68. The Labute approximate surface area is 135 Å². The molecule has 0 fully saturated rings. The molecule has 3 aromatic rings. The number of carbonyl (C=O) groups excluding carboxylic acids is 1. The molecule has 1 aliphatic heterocycles. The van der Waals surface area contributed by atoms with Crippen molar-refractivity contribution >= 4 is 34.6 Å². The maximum absolute atomic E-state index is 12.0. The van der Waals surface area contributed by atoms with Crippen molar-refractivity contribution in [2.75, 3.05) is 17.9 Å². The highest BCUT2D eigenvalue weighted by atomic mass is 32.2. The molecule has 116 valence electrons. The van der Waals surface area contributed by atoms with Crippen molar-refractivity contribution in [1.82, 2.24) is 9.97 Å². The molecular formula is C15H11N3O4S. The highest BCUT2D eigenvalue weighted by molar-refractivity contribution is 7.99. The van der Waals surface area contributed by atoms with Crippen molar-refractivity contribution in [3.05, 3.63) is 36.5 Å². The molecule has 8 heteroatoms. The van der Waals surface area contributed by atoms with Crippen LogP contribution in [0, 0.1) is 0 Å². The highest BCUT2D eigenvalue weighted by Gasteiger charge is 2.15. The summed E-state index contributed by atoms with van der Waals surface area (Å²) in [4.78, 5) is 20.3. The van der Waals surface area contributed by atoms with E-state index in [-0.39, 0.29) is 18.5 Å². The Kier molecular flexibility index (Phi) is 3.51.